The first-order valence-electron chi connectivity index (χ1n) is 4.80. The Labute approximate surface area is 82.8 Å². The van der Waals surface area contributed by atoms with Gasteiger partial charge in [0.2, 0.25) is 5.91 Å². The molecular formula is C11H13NO2. The fourth-order valence-electron chi connectivity index (χ4n) is 1.87. The predicted octanol–water partition coefficient (Wildman–Crippen LogP) is 1.96. The molecule has 3 nitrogen and oxygen atoms in total. The summed E-state index contributed by atoms with van der Waals surface area (Å²) in [6, 6.07) is 2.03. The number of carbonyl (C=O) groups is 1. The van der Waals surface area contributed by atoms with Gasteiger partial charge in [-0.1, -0.05) is 6.58 Å². The van der Waals surface area contributed by atoms with Gasteiger partial charge in [0.1, 0.15) is 5.76 Å². The minimum Gasteiger partial charge on any atom is -0.469 e. The van der Waals surface area contributed by atoms with Gasteiger partial charge >= 0.3 is 0 Å². The SMILES string of the molecule is C=CC(=O)N[C@@H]1CCCc2occc21. The molecular weight excluding hydrogens is 178 g/mol. The maximum atomic E-state index is 11.2. The van der Waals surface area contributed by atoms with Gasteiger partial charge in [0.25, 0.3) is 0 Å². The van der Waals surface area contributed by atoms with Gasteiger partial charge in [-0.25, -0.2) is 0 Å². The van der Waals surface area contributed by atoms with Crippen molar-refractivity contribution in [3.8, 4) is 0 Å². The lowest BCUT2D eigenvalue weighted by Gasteiger charge is -2.21. The average molecular weight is 191 g/mol. The van der Waals surface area contributed by atoms with E-state index in [9.17, 15) is 4.79 Å². The summed E-state index contributed by atoms with van der Waals surface area (Å²) in [6.07, 6.45) is 5.99. The molecule has 1 aromatic heterocycles. The summed E-state index contributed by atoms with van der Waals surface area (Å²) in [5.41, 5.74) is 1.12. The molecule has 0 aliphatic heterocycles. The van der Waals surface area contributed by atoms with Crippen LogP contribution in [0.25, 0.3) is 0 Å². The van der Waals surface area contributed by atoms with Crippen molar-refractivity contribution in [1.29, 1.82) is 0 Å². The molecule has 14 heavy (non-hydrogen) atoms. The summed E-state index contributed by atoms with van der Waals surface area (Å²) in [4.78, 5) is 11.2. The largest absolute Gasteiger partial charge is 0.469 e. The molecule has 1 amide bonds. The number of hydrogen-bond donors (Lipinski definition) is 1. The van der Waals surface area contributed by atoms with E-state index in [1.165, 1.54) is 6.08 Å². The lowest BCUT2D eigenvalue weighted by atomic mass is 9.93. The zero-order valence-corrected chi connectivity index (χ0v) is 7.95. The van der Waals surface area contributed by atoms with Gasteiger partial charge in [0.05, 0.1) is 12.3 Å². The van der Waals surface area contributed by atoms with Crippen LogP contribution in [-0.2, 0) is 11.2 Å². The van der Waals surface area contributed by atoms with Crippen LogP contribution >= 0.6 is 0 Å². The molecule has 0 aromatic carbocycles. The fourth-order valence-corrected chi connectivity index (χ4v) is 1.87. The van der Waals surface area contributed by atoms with Crippen molar-refractivity contribution in [1.82, 2.24) is 5.32 Å². The molecule has 3 heteroatoms. The van der Waals surface area contributed by atoms with Crippen LogP contribution in [0.15, 0.2) is 29.4 Å². The van der Waals surface area contributed by atoms with E-state index >= 15 is 0 Å². The molecule has 74 valence electrons. The first kappa shape index (κ1) is 9.06. The van der Waals surface area contributed by atoms with Gasteiger partial charge < -0.3 is 9.73 Å². The topological polar surface area (TPSA) is 42.2 Å². The van der Waals surface area contributed by atoms with Crippen LogP contribution in [0, 0.1) is 0 Å². The first-order chi connectivity index (χ1) is 6.81. The van der Waals surface area contributed by atoms with Crippen molar-refractivity contribution in [3.63, 3.8) is 0 Å². The Hall–Kier alpha value is -1.51. The Balaban J connectivity index is 2.16. The van der Waals surface area contributed by atoms with E-state index in [0.29, 0.717) is 0 Å². The van der Waals surface area contributed by atoms with Crippen LogP contribution in [0.4, 0.5) is 0 Å². The van der Waals surface area contributed by atoms with Crippen molar-refractivity contribution in [2.75, 3.05) is 0 Å². The molecule has 0 fully saturated rings. The highest BCUT2D eigenvalue weighted by molar-refractivity contribution is 5.87. The van der Waals surface area contributed by atoms with E-state index < -0.39 is 0 Å². The van der Waals surface area contributed by atoms with Gasteiger partial charge in [0.15, 0.2) is 0 Å². The highest BCUT2D eigenvalue weighted by Crippen LogP contribution is 2.30. The highest BCUT2D eigenvalue weighted by atomic mass is 16.3. The minimum atomic E-state index is -0.121. The van der Waals surface area contributed by atoms with E-state index in [1.807, 2.05) is 6.07 Å². The number of amides is 1. The quantitative estimate of drug-likeness (QED) is 0.726. The van der Waals surface area contributed by atoms with Crippen LogP contribution < -0.4 is 5.32 Å². The zero-order valence-electron chi connectivity index (χ0n) is 7.95. The second-order valence-corrected chi connectivity index (χ2v) is 3.46. The van der Waals surface area contributed by atoms with E-state index in [1.54, 1.807) is 6.26 Å². The molecule has 0 saturated carbocycles. The average Bonchev–Trinajstić information content (AvgIpc) is 2.66. The summed E-state index contributed by atoms with van der Waals surface area (Å²) in [7, 11) is 0. The summed E-state index contributed by atoms with van der Waals surface area (Å²) >= 11 is 0. The summed E-state index contributed by atoms with van der Waals surface area (Å²) in [6.45, 7) is 3.43. The van der Waals surface area contributed by atoms with Crippen molar-refractivity contribution < 1.29 is 9.21 Å². The molecule has 2 rings (SSSR count). The fraction of sp³-hybridized carbons (Fsp3) is 0.364. The molecule has 1 aliphatic carbocycles. The number of carbonyl (C=O) groups excluding carboxylic acids is 1. The highest BCUT2D eigenvalue weighted by Gasteiger charge is 2.22. The van der Waals surface area contributed by atoms with Gasteiger partial charge in [-0.05, 0) is 25.0 Å². The lowest BCUT2D eigenvalue weighted by Crippen LogP contribution is -2.28. The van der Waals surface area contributed by atoms with Crippen LogP contribution in [0.2, 0.25) is 0 Å². The van der Waals surface area contributed by atoms with Gasteiger partial charge in [0, 0.05) is 12.0 Å². The maximum Gasteiger partial charge on any atom is 0.243 e. The molecule has 0 bridgehead atoms. The number of aryl methyl sites for hydroxylation is 1. The van der Waals surface area contributed by atoms with E-state index in [0.717, 1.165) is 30.6 Å². The van der Waals surface area contributed by atoms with Crippen molar-refractivity contribution in [2.24, 2.45) is 0 Å². The Bertz CT molecular complexity index is 354. The zero-order chi connectivity index (χ0) is 9.97. The van der Waals surface area contributed by atoms with Crippen LogP contribution in [0.3, 0.4) is 0 Å². The Morgan fingerprint density at radius 3 is 3.36 bits per heavy atom. The summed E-state index contributed by atoms with van der Waals surface area (Å²) < 4.78 is 5.32. The van der Waals surface area contributed by atoms with Crippen molar-refractivity contribution in [2.45, 2.75) is 25.3 Å². The number of rotatable bonds is 2. The summed E-state index contributed by atoms with van der Waals surface area (Å²) in [5.74, 6) is 0.884. The molecule has 0 spiro atoms. The van der Waals surface area contributed by atoms with Crippen LogP contribution in [0.5, 0.6) is 0 Å². The third-order valence-corrected chi connectivity index (χ3v) is 2.55. The summed E-state index contributed by atoms with van der Waals surface area (Å²) in [5, 5.41) is 2.89. The molecule has 0 radical (unpaired) electrons. The normalized spacial score (nSPS) is 19.9. The van der Waals surface area contributed by atoms with E-state index in [-0.39, 0.29) is 11.9 Å². The van der Waals surface area contributed by atoms with Gasteiger partial charge in [-0.15, -0.1) is 0 Å². The second kappa shape index (κ2) is 3.70. The minimum absolute atomic E-state index is 0.1000. The van der Waals surface area contributed by atoms with Crippen molar-refractivity contribution >= 4 is 5.91 Å². The number of nitrogens with one attached hydrogen (secondary N) is 1. The molecule has 1 aromatic rings. The Morgan fingerprint density at radius 2 is 2.57 bits per heavy atom. The van der Waals surface area contributed by atoms with Crippen LogP contribution in [0.1, 0.15) is 30.2 Å². The molecule has 1 atom stereocenters. The molecule has 1 aliphatic rings. The maximum absolute atomic E-state index is 11.2. The van der Waals surface area contributed by atoms with E-state index in [2.05, 4.69) is 11.9 Å². The monoisotopic (exact) mass is 191 g/mol. The molecule has 0 saturated heterocycles. The number of hydrogen-bond acceptors (Lipinski definition) is 2. The lowest BCUT2D eigenvalue weighted by molar-refractivity contribution is -0.117. The van der Waals surface area contributed by atoms with Gasteiger partial charge in [-0.2, -0.15) is 0 Å². The first-order valence-corrected chi connectivity index (χ1v) is 4.80. The molecule has 0 unspecified atom stereocenters. The molecule has 1 N–H and O–H groups in total. The smallest absolute Gasteiger partial charge is 0.243 e. The third-order valence-electron chi connectivity index (χ3n) is 2.55. The standard InChI is InChI=1S/C11H13NO2/c1-2-11(13)12-9-4-3-5-10-8(9)6-7-14-10/h2,6-7,9H,1,3-5H2,(H,12,13)/t9-/m1/s1. The van der Waals surface area contributed by atoms with Crippen molar-refractivity contribution in [3.05, 3.63) is 36.3 Å². The predicted molar refractivity (Wildman–Crippen MR) is 52.7 cm³/mol. The van der Waals surface area contributed by atoms with E-state index in [4.69, 9.17) is 4.42 Å². The number of furan rings is 1. The Kier molecular flexibility index (Phi) is 2.39. The van der Waals surface area contributed by atoms with Gasteiger partial charge in [-0.3, -0.25) is 4.79 Å². The molecule has 1 heterocycles. The third kappa shape index (κ3) is 1.58. The van der Waals surface area contributed by atoms with Crippen LogP contribution in [-0.4, -0.2) is 5.91 Å². The second-order valence-electron chi connectivity index (χ2n) is 3.46. The number of fused-ring (bicyclic) bond motifs is 1. The Morgan fingerprint density at radius 1 is 1.71 bits per heavy atom.